The number of benzene rings is 2. The summed E-state index contributed by atoms with van der Waals surface area (Å²) in [6.45, 7) is 0. The van der Waals surface area contributed by atoms with Gasteiger partial charge < -0.3 is 9.84 Å². The highest BCUT2D eigenvalue weighted by atomic mass is 79.9. The first-order chi connectivity index (χ1) is 9.56. The van der Waals surface area contributed by atoms with Crippen molar-refractivity contribution in [2.75, 3.05) is 0 Å². The zero-order valence-corrected chi connectivity index (χ0v) is 12.7. The molecule has 0 saturated heterocycles. The van der Waals surface area contributed by atoms with Crippen molar-refractivity contribution in [2.24, 2.45) is 0 Å². The van der Waals surface area contributed by atoms with Gasteiger partial charge in [0.15, 0.2) is 0 Å². The average Bonchev–Trinajstić information content (AvgIpc) is 2.42. The smallest absolute Gasteiger partial charge is 0.148 e. The fraction of sp³-hybridized carbons (Fsp3) is 0.200. The minimum absolute atomic E-state index is 0.0576. The van der Waals surface area contributed by atoms with Crippen LogP contribution in [-0.2, 0) is 0 Å². The number of aliphatic hydroxyl groups excluding tert-OH is 1. The molecule has 1 N–H and O–H groups in total. The van der Waals surface area contributed by atoms with E-state index in [4.69, 9.17) is 16.3 Å². The lowest BCUT2D eigenvalue weighted by atomic mass is 9.95. The van der Waals surface area contributed by atoms with Crippen LogP contribution >= 0.6 is 27.5 Å². The van der Waals surface area contributed by atoms with Crippen molar-refractivity contribution in [3.05, 3.63) is 62.8 Å². The van der Waals surface area contributed by atoms with E-state index in [2.05, 4.69) is 15.9 Å². The van der Waals surface area contributed by atoms with Gasteiger partial charge in [0, 0.05) is 22.0 Å². The van der Waals surface area contributed by atoms with Crippen LogP contribution in [0, 0.1) is 5.82 Å². The number of ether oxygens (including phenoxy) is 1. The first-order valence-corrected chi connectivity index (χ1v) is 7.31. The Morgan fingerprint density at radius 3 is 2.85 bits per heavy atom. The van der Waals surface area contributed by atoms with E-state index >= 15 is 0 Å². The number of fused-ring (bicyclic) bond motifs is 1. The Kier molecular flexibility index (Phi) is 3.71. The van der Waals surface area contributed by atoms with Crippen molar-refractivity contribution in [3.63, 3.8) is 0 Å². The molecule has 104 valence electrons. The Labute approximate surface area is 129 Å². The molecule has 2 atom stereocenters. The summed E-state index contributed by atoms with van der Waals surface area (Å²) in [5.74, 6) is 0.0725. The van der Waals surface area contributed by atoms with Crippen LogP contribution in [0.5, 0.6) is 5.75 Å². The van der Waals surface area contributed by atoms with Crippen molar-refractivity contribution >= 4 is 27.5 Å². The molecule has 0 spiro atoms. The van der Waals surface area contributed by atoms with Gasteiger partial charge in [-0.2, -0.15) is 0 Å². The molecular weight excluding hydrogens is 347 g/mol. The van der Waals surface area contributed by atoms with Crippen LogP contribution in [0.3, 0.4) is 0 Å². The lowest BCUT2D eigenvalue weighted by Crippen LogP contribution is -2.20. The van der Waals surface area contributed by atoms with Crippen LogP contribution in [-0.4, -0.2) is 5.11 Å². The van der Waals surface area contributed by atoms with Gasteiger partial charge in [-0.25, -0.2) is 4.39 Å². The largest absolute Gasteiger partial charge is 0.485 e. The molecule has 0 radical (unpaired) electrons. The van der Waals surface area contributed by atoms with Gasteiger partial charge >= 0.3 is 0 Å². The van der Waals surface area contributed by atoms with E-state index in [0.29, 0.717) is 23.3 Å². The zero-order chi connectivity index (χ0) is 14.3. The molecule has 0 amide bonds. The molecule has 0 saturated carbocycles. The molecule has 1 aliphatic heterocycles. The van der Waals surface area contributed by atoms with Gasteiger partial charge in [-0.05, 0) is 24.3 Å². The third-order valence-corrected chi connectivity index (χ3v) is 4.15. The number of rotatable bonds is 1. The van der Waals surface area contributed by atoms with Gasteiger partial charge in [0.2, 0.25) is 0 Å². The second kappa shape index (κ2) is 5.35. The monoisotopic (exact) mass is 356 g/mol. The second-order valence-corrected chi connectivity index (χ2v) is 6.01. The average molecular weight is 358 g/mol. The van der Waals surface area contributed by atoms with Crippen LogP contribution in [0.2, 0.25) is 5.02 Å². The maximum absolute atomic E-state index is 14.1. The van der Waals surface area contributed by atoms with Crippen molar-refractivity contribution in [1.82, 2.24) is 0 Å². The predicted octanol–water partition coefficient (Wildman–Crippen LogP) is 4.80. The molecule has 1 unspecified atom stereocenters. The Bertz CT molecular complexity index is 662. The van der Waals surface area contributed by atoms with Crippen LogP contribution in [0.4, 0.5) is 4.39 Å². The van der Waals surface area contributed by atoms with E-state index in [0.717, 1.165) is 4.47 Å². The van der Waals surface area contributed by atoms with E-state index in [1.807, 2.05) is 12.1 Å². The van der Waals surface area contributed by atoms with Gasteiger partial charge in [0.25, 0.3) is 0 Å². The normalized spacial score (nSPS) is 21.2. The van der Waals surface area contributed by atoms with Gasteiger partial charge in [-0.1, -0.05) is 39.7 Å². The van der Waals surface area contributed by atoms with Crippen molar-refractivity contribution < 1.29 is 14.2 Å². The van der Waals surface area contributed by atoms with Crippen LogP contribution < -0.4 is 4.74 Å². The second-order valence-electron chi connectivity index (χ2n) is 4.68. The summed E-state index contributed by atoms with van der Waals surface area (Å²) < 4.78 is 20.7. The van der Waals surface area contributed by atoms with Crippen LogP contribution in [0.25, 0.3) is 0 Å². The van der Waals surface area contributed by atoms with Crippen molar-refractivity contribution in [3.8, 4) is 5.75 Å². The lowest BCUT2D eigenvalue weighted by Gasteiger charge is -2.30. The molecular formula is C15H11BrClFO2. The van der Waals surface area contributed by atoms with Gasteiger partial charge in [-0.15, -0.1) is 0 Å². The Balaban J connectivity index is 1.99. The minimum Gasteiger partial charge on any atom is -0.485 e. The van der Waals surface area contributed by atoms with Crippen molar-refractivity contribution in [1.29, 1.82) is 0 Å². The highest BCUT2D eigenvalue weighted by Gasteiger charge is 2.30. The van der Waals surface area contributed by atoms with Gasteiger partial charge in [0.05, 0.1) is 11.1 Å². The standard InChI is InChI=1S/C15H11BrClFO2/c16-8-4-5-13-10(6-8)12(19)7-14(20-13)9-2-1-3-11(17)15(9)18/h1-6,12,14,19H,7H2/t12-,14?/m1/s1. The van der Waals surface area contributed by atoms with Crippen molar-refractivity contribution in [2.45, 2.75) is 18.6 Å². The quantitative estimate of drug-likeness (QED) is 0.794. The number of hydrogen-bond donors (Lipinski definition) is 1. The molecule has 0 bridgehead atoms. The van der Waals surface area contributed by atoms with Crippen LogP contribution in [0.1, 0.15) is 29.8 Å². The maximum Gasteiger partial charge on any atom is 0.148 e. The molecule has 20 heavy (non-hydrogen) atoms. The Hall–Kier alpha value is -1.10. The summed E-state index contributed by atoms with van der Waals surface area (Å²) in [6.07, 6.45) is -0.947. The third kappa shape index (κ3) is 2.43. The fourth-order valence-corrected chi connectivity index (χ4v) is 2.94. The van der Waals surface area contributed by atoms with E-state index in [1.165, 1.54) is 6.07 Å². The Morgan fingerprint density at radius 1 is 1.25 bits per heavy atom. The molecule has 0 aromatic heterocycles. The molecule has 1 heterocycles. The van der Waals surface area contributed by atoms with Gasteiger partial charge in [0.1, 0.15) is 17.7 Å². The topological polar surface area (TPSA) is 29.5 Å². The molecule has 2 aromatic carbocycles. The fourth-order valence-electron chi connectivity index (χ4n) is 2.38. The van der Waals surface area contributed by atoms with E-state index in [-0.39, 0.29) is 5.02 Å². The predicted molar refractivity (Wildman–Crippen MR) is 78.5 cm³/mol. The molecule has 2 aromatic rings. The van der Waals surface area contributed by atoms with Gasteiger partial charge in [-0.3, -0.25) is 0 Å². The summed E-state index contributed by atoms with van der Waals surface area (Å²) >= 11 is 9.15. The SMILES string of the molecule is O[C@@H]1CC(c2cccc(Cl)c2F)Oc2ccc(Br)cc21. The molecule has 0 fully saturated rings. The summed E-state index contributed by atoms with van der Waals surface area (Å²) in [5.41, 5.74) is 1.07. The molecule has 3 rings (SSSR count). The summed E-state index contributed by atoms with van der Waals surface area (Å²) in [7, 11) is 0. The Morgan fingerprint density at radius 2 is 2.05 bits per heavy atom. The maximum atomic E-state index is 14.1. The van der Waals surface area contributed by atoms with E-state index < -0.39 is 18.0 Å². The zero-order valence-electron chi connectivity index (χ0n) is 10.3. The summed E-state index contributed by atoms with van der Waals surface area (Å²) in [4.78, 5) is 0. The minimum atomic E-state index is -0.695. The summed E-state index contributed by atoms with van der Waals surface area (Å²) in [6, 6.07) is 10.2. The summed E-state index contributed by atoms with van der Waals surface area (Å²) in [5, 5.41) is 10.3. The lowest BCUT2D eigenvalue weighted by molar-refractivity contribution is 0.0640. The number of hydrogen-bond acceptors (Lipinski definition) is 2. The van der Waals surface area contributed by atoms with Crippen LogP contribution in [0.15, 0.2) is 40.9 Å². The van der Waals surface area contributed by atoms with E-state index in [1.54, 1.807) is 18.2 Å². The van der Waals surface area contributed by atoms with E-state index in [9.17, 15) is 9.50 Å². The molecule has 0 aliphatic carbocycles. The first-order valence-electron chi connectivity index (χ1n) is 6.14. The molecule has 1 aliphatic rings. The number of aliphatic hydroxyl groups is 1. The third-order valence-electron chi connectivity index (χ3n) is 3.37. The highest BCUT2D eigenvalue weighted by molar-refractivity contribution is 9.10. The number of halogens is 3. The highest BCUT2D eigenvalue weighted by Crippen LogP contribution is 2.42. The first kappa shape index (κ1) is 13.9. The molecule has 2 nitrogen and oxygen atoms in total. The molecule has 5 heteroatoms.